The van der Waals surface area contributed by atoms with Gasteiger partial charge in [-0.1, -0.05) is 48.5 Å². The summed E-state index contributed by atoms with van der Waals surface area (Å²) in [7, 11) is 0. The largest absolute Gasteiger partial charge is 0.378 e. The molecule has 1 N–H and O–H groups in total. The molecule has 1 atom stereocenters. The van der Waals surface area contributed by atoms with E-state index in [1.807, 2.05) is 37.3 Å². The molecule has 3 rings (SSSR count). The first-order valence-corrected chi connectivity index (χ1v) is 7.15. The van der Waals surface area contributed by atoms with Crippen molar-refractivity contribution in [2.75, 3.05) is 5.32 Å². The third kappa shape index (κ3) is 2.75. The van der Waals surface area contributed by atoms with Crippen LogP contribution in [0.25, 0.3) is 10.8 Å². The first kappa shape index (κ1) is 13.6. The van der Waals surface area contributed by atoms with Crippen molar-refractivity contribution in [2.24, 2.45) is 0 Å². The van der Waals surface area contributed by atoms with Gasteiger partial charge in [0.25, 0.3) is 0 Å². The highest BCUT2D eigenvalue weighted by molar-refractivity contribution is 5.93. The fourth-order valence-electron chi connectivity index (χ4n) is 2.55. The standard InChI is InChI=1S/C19H18FN/c1-13-10-11-16(12-18(13)20)14(2)21-19-9-5-7-15-6-3-4-8-17(15)19/h3-12,14,21H,1-2H3. The first-order chi connectivity index (χ1) is 10.1. The van der Waals surface area contributed by atoms with E-state index in [2.05, 4.69) is 29.6 Å². The number of rotatable bonds is 3. The maximum atomic E-state index is 13.7. The molecule has 0 aliphatic carbocycles. The second-order valence-corrected chi connectivity index (χ2v) is 5.40. The molecule has 2 heteroatoms. The van der Waals surface area contributed by atoms with Crippen LogP contribution in [0.1, 0.15) is 24.1 Å². The van der Waals surface area contributed by atoms with Crippen LogP contribution in [0.5, 0.6) is 0 Å². The number of fused-ring (bicyclic) bond motifs is 1. The zero-order valence-electron chi connectivity index (χ0n) is 12.2. The van der Waals surface area contributed by atoms with Crippen molar-refractivity contribution in [1.29, 1.82) is 0 Å². The van der Waals surface area contributed by atoms with Crippen molar-refractivity contribution >= 4 is 16.5 Å². The molecule has 3 aromatic rings. The Bertz CT molecular complexity index is 774. The monoisotopic (exact) mass is 279 g/mol. The van der Waals surface area contributed by atoms with Crippen LogP contribution in [0.15, 0.2) is 60.7 Å². The minimum Gasteiger partial charge on any atom is -0.378 e. The van der Waals surface area contributed by atoms with Gasteiger partial charge < -0.3 is 5.32 Å². The summed E-state index contributed by atoms with van der Waals surface area (Å²) in [6.45, 7) is 3.83. The topological polar surface area (TPSA) is 12.0 Å². The second-order valence-electron chi connectivity index (χ2n) is 5.40. The van der Waals surface area contributed by atoms with Crippen molar-refractivity contribution in [3.05, 3.63) is 77.6 Å². The molecule has 3 aromatic carbocycles. The van der Waals surface area contributed by atoms with Crippen molar-refractivity contribution in [2.45, 2.75) is 19.9 Å². The normalized spacial score (nSPS) is 12.3. The number of hydrogen-bond donors (Lipinski definition) is 1. The van der Waals surface area contributed by atoms with Gasteiger partial charge in [-0.2, -0.15) is 0 Å². The molecule has 21 heavy (non-hydrogen) atoms. The molecule has 0 radical (unpaired) electrons. The van der Waals surface area contributed by atoms with Gasteiger partial charge in [-0.3, -0.25) is 0 Å². The quantitative estimate of drug-likeness (QED) is 0.671. The molecule has 0 aromatic heterocycles. The molecular weight excluding hydrogens is 261 g/mol. The SMILES string of the molecule is Cc1ccc(C(C)Nc2cccc3ccccc23)cc1F. The number of nitrogens with one attached hydrogen (secondary N) is 1. The van der Waals surface area contributed by atoms with Crippen LogP contribution in [0.2, 0.25) is 0 Å². The van der Waals surface area contributed by atoms with E-state index in [1.165, 1.54) is 10.8 Å². The van der Waals surface area contributed by atoms with E-state index in [-0.39, 0.29) is 11.9 Å². The van der Waals surface area contributed by atoms with E-state index in [4.69, 9.17) is 0 Å². The summed E-state index contributed by atoms with van der Waals surface area (Å²) in [6, 6.07) is 19.9. The van der Waals surface area contributed by atoms with Crippen LogP contribution in [0.3, 0.4) is 0 Å². The Kier molecular flexibility index (Phi) is 3.61. The lowest BCUT2D eigenvalue weighted by Crippen LogP contribution is -2.07. The number of halogens is 1. The second kappa shape index (κ2) is 5.57. The Hall–Kier alpha value is -2.35. The zero-order valence-corrected chi connectivity index (χ0v) is 12.2. The minimum absolute atomic E-state index is 0.0471. The third-order valence-electron chi connectivity index (χ3n) is 3.86. The highest BCUT2D eigenvalue weighted by Crippen LogP contribution is 2.27. The Morgan fingerprint density at radius 2 is 1.71 bits per heavy atom. The van der Waals surface area contributed by atoms with Crippen LogP contribution in [0.4, 0.5) is 10.1 Å². The molecule has 106 valence electrons. The van der Waals surface area contributed by atoms with Gasteiger partial charge in [-0.25, -0.2) is 4.39 Å². The molecule has 0 aliphatic heterocycles. The Morgan fingerprint density at radius 3 is 2.52 bits per heavy atom. The van der Waals surface area contributed by atoms with Gasteiger partial charge in [-0.05, 0) is 42.5 Å². The lowest BCUT2D eigenvalue weighted by Gasteiger charge is -2.18. The lowest BCUT2D eigenvalue weighted by atomic mass is 10.0. The zero-order chi connectivity index (χ0) is 14.8. The maximum absolute atomic E-state index is 13.7. The van der Waals surface area contributed by atoms with Crippen LogP contribution in [-0.4, -0.2) is 0 Å². The van der Waals surface area contributed by atoms with E-state index in [0.29, 0.717) is 5.56 Å². The molecular formula is C19H18FN. The number of anilines is 1. The summed E-state index contributed by atoms with van der Waals surface area (Å²) in [5.74, 6) is -0.154. The van der Waals surface area contributed by atoms with Crippen molar-refractivity contribution < 1.29 is 4.39 Å². The molecule has 0 heterocycles. The van der Waals surface area contributed by atoms with Crippen molar-refractivity contribution in [3.8, 4) is 0 Å². The molecule has 1 unspecified atom stereocenters. The van der Waals surface area contributed by atoms with Crippen molar-refractivity contribution in [3.63, 3.8) is 0 Å². The minimum atomic E-state index is -0.154. The molecule has 0 aliphatic rings. The summed E-state index contributed by atoms with van der Waals surface area (Å²) in [4.78, 5) is 0. The average Bonchev–Trinajstić information content (AvgIpc) is 2.50. The summed E-state index contributed by atoms with van der Waals surface area (Å²) in [5.41, 5.74) is 2.70. The average molecular weight is 279 g/mol. The maximum Gasteiger partial charge on any atom is 0.126 e. The lowest BCUT2D eigenvalue weighted by molar-refractivity contribution is 0.614. The highest BCUT2D eigenvalue weighted by atomic mass is 19.1. The Morgan fingerprint density at radius 1 is 0.952 bits per heavy atom. The van der Waals surface area contributed by atoms with Gasteiger partial charge in [0.2, 0.25) is 0 Å². The number of aryl methyl sites for hydroxylation is 1. The molecule has 0 saturated carbocycles. The van der Waals surface area contributed by atoms with E-state index in [1.54, 1.807) is 13.0 Å². The van der Waals surface area contributed by atoms with Crippen LogP contribution in [0, 0.1) is 12.7 Å². The molecule has 0 saturated heterocycles. The van der Waals surface area contributed by atoms with Gasteiger partial charge >= 0.3 is 0 Å². The summed E-state index contributed by atoms with van der Waals surface area (Å²) in [6.07, 6.45) is 0. The van der Waals surface area contributed by atoms with E-state index < -0.39 is 0 Å². The molecule has 0 bridgehead atoms. The fourth-order valence-corrected chi connectivity index (χ4v) is 2.55. The third-order valence-corrected chi connectivity index (χ3v) is 3.86. The number of benzene rings is 3. The van der Waals surface area contributed by atoms with E-state index >= 15 is 0 Å². The summed E-state index contributed by atoms with van der Waals surface area (Å²) >= 11 is 0. The predicted octanol–water partition coefficient (Wildman–Crippen LogP) is 5.46. The molecule has 0 spiro atoms. The van der Waals surface area contributed by atoms with Crippen molar-refractivity contribution in [1.82, 2.24) is 0 Å². The molecule has 0 amide bonds. The van der Waals surface area contributed by atoms with E-state index in [0.717, 1.165) is 11.3 Å². The predicted molar refractivity (Wildman–Crippen MR) is 87.1 cm³/mol. The van der Waals surface area contributed by atoms with Crippen LogP contribution in [-0.2, 0) is 0 Å². The van der Waals surface area contributed by atoms with Gasteiger partial charge in [0.05, 0.1) is 0 Å². The smallest absolute Gasteiger partial charge is 0.126 e. The Labute approximate surface area is 124 Å². The molecule has 0 fully saturated rings. The van der Waals surface area contributed by atoms with Crippen LogP contribution < -0.4 is 5.32 Å². The molecule has 1 nitrogen and oxygen atoms in total. The van der Waals surface area contributed by atoms with Gasteiger partial charge in [-0.15, -0.1) is 0 Å². The van der Waals surface area contributed by atoms with Crippen LogP contribution >= 0.6 is 0 Å². The van der Waals surface area contributed by atoms with Gasteiger partial charge in [0.1, 0.15) is 5.82 Å². The summed E-state index contributed by atoms with van der Waals surface area (Å²) < 4.78 is 13.7. The first-order valence-electron chi connectivity index (χ1n) is 7.15. The summed E-state index contributed by atoms with van der Waals surface area (Å²) in [5, 5.41) is 5.86. The van der Waals surface area contributed by atoms with Gasteiger partial charge in [0, 0.05) is 17.1 Å². The van der Waals surface area contributed by atoms with E-state index in [9.17, 15) is 4.39 Å². The fraction of sp³-hybridized carbons (Fsp3) is 0.158. The Balaban J connectivity index is 1.92. The number of hydrogen-bond acceptors (Lipinski definition) is 1. The van der Waals surface area contributed by atoms with Gasteiger partial charge in [0.15, 0.2) is 0 Å². The highest BCUT2D eigenvalue weighted by Gasteiger charge is 2.09.